The van der Waals surface area contributed by atoms with Gasteiger partial charge < -0.3 is 14.4 Å². The number of amides is 1. The van der Waals surface area contributed by atoms with Crippen LogP contribution in [0.4, 0.5) is 0 Å². The Kier molecular flexibility index (Phi) is 4.24. The molecule has 1 unspecified atom stereocenters. The predicted octanol–water partition coefficient (Wildman–Crippen LogP) is 2.18. The van der Waals surface area contributed by atoms with Crippen molar-refractivity contribution in [3.63, 3.8) is 0 Å². The molecule has 1 amide bonds. The minimum absolute atomic E-state index is 0.00485. The Morgan fingerprint density at radius 1 is 1.41 bits per heavy atom. The van der Waals surface area contributed by atoms with Crippen molar-refractivity contribution in [2.75, 3.05) is 13.1 Å². The number of piperidine rings is 1. The fourth-order valence-electron chi connectivity index (χ4n) is 2.73. The van der Waals surface area contributed by atoms with Gasteiger partial charge in [0.05, 0.1) is 18.2 Å². The van der Waals surface area contributed by atoms with Gasteiger partial charge in [0.1, 0.15) is 5.76 Å². The number of nitrogens with zero attached hydrogens (tertiary/aromatic N) is 2. The maximum atomic E-state index is 12.3. The molecule has 0 spiro atoms. The van der Waals surface area contributed by atoms with Crippen LogP contribution < -0.4 is 0 Å². The molecule has 22 heavy (non-hydrogen) atoms. The van der Waals surface area contributed by atoms with Gasteiger partial charge in [0.25, 0.3) is 0 Å². The lowest BCUT2D eigenvalue weighted by Gasteiger charge is -2.30. The van der Waals surface area contributed by atoms with E-state index in [1.807, 2.05) is 37.3 Å². The van der Waals surface area contributed by atoms with E-state index in [9.17, 15) is 9.90 Å². The third-order valence-electron chi connectivity index (χ3n) is 3.98. The summed E-state index contributed by atoms with van der Waals surface area (Å²) in [6, 6.07) is 9.64. The van der Waals surface area contributed by atoms with Gasteiger partial charge in [-0.2, -0.15) is 0 Å². The van der Waals surface area contributed by atoms with E-state index in [0.29, 0.717) is 30.4 Å². The molecule has 1 atom stereocenters. The lowest BCUT2D eigenvalue weighted by Crippen LogP contribution is -2.42. The van der Waals surface area contributed by atoms with E-state index in [1.54, 1.807) is 4.90 Å². The van der Waals surface area contributed by atoms with Crippen LogP contribution in [0.15, 0.2) is 34.7 Å². The molecule has 5 nitrogen and oxygen atoms in total. The summed E-state index contributed by atoms with van der Waals surface area (Å²) in [5, 5.41) is 9.67. The Balaban J connectivity index is 1.73. The largest absolute Gasteiger partial charge is 0.441 e. The standard InChI is InChI=1S/C17H20N2O3/c1-12-15(10-16(21)19-9-5-8-14(20)11-19)18-17(22-12)13-6-3-2-4-7-13/h2-4,6-7,14,20H,5,8-11H2,1H3. The second-order valence-electron chi connectivity index (χ2n) is 5.70. The van der Waals surface area contributed by atoms with Gasteiger partial charge in [0, 0.05) is 18.7 Å². The van der Waals surface area contributed by atoms with Crippen LogP contribution in [0.1, 0.15) is 24.3 Å². The summed E-state index contributed by atoms with van der Waals surface area (Å²) in [4.78, 5) is 18.5. The van der Waals surface area contributed by atoms with Crippen molar-refractivity contribution in [2.24, 2.45) is 0 Å². The molecule has 1 aliphatic heterocycles. The number of rotatable bonds is 3. The lowest BCUT2D eigenvalue weighted by atomic mass is 10.1. The molecule has 0 saturated carbocycles. The summed E-state index contributed by atoms with van der Waals surface area (Å²) in [6.45, 7) is 2.95. The van der Waals surface area contributed by atoms with Crippen LogP contribution in [-0.4, -0.2) is 40.1 Å². The number of carbonyl (C=O) groups is 1. The van der Waals surface area contributed by atoms with Crippen molar-refractivity contribution >= 4 is 5.91 Å². The van der Waals surface area contributed by atoms with Gasteiger partial charge in [-0.25, -0.2) is 4.98 Å². The van der Waals surface area contributed by atoms with Gasteiger partial charge in [-0.3, -0.25) is 4.79 Å². The lowest BCUT2D eigenvalue weighted by molar-refractivity contribution is -0.133. The number of hydrogen-bond acceptors (Lipinski definition) is 4. The number of aliphatic hydroxyl groups excluding tert-OH is 1. The molecule has 1 aromatic carbocycles. The SMILES string of the molecule is Cc1oc(-c2ccccc2)nc1CC(=O)N1CCCC(O)C1. The average Bonchev–Trinajstić information content (AvgIpc) is 2.89. The minimum atomic E-state index is -0.406. The summed E-state index contributed by atoms with van der Waals surface area (Å²) in [5.41, 5.74) is 1.57. The van der Waals surface area contributed by atoms with E-state index in [2.05, 4.69) is 4.98 Å². The minimum Gasteiger partial charge on any atom is -0.441 e. The summed E-state index contributed by atoms with van der Waals surface area (Å²) in [7, 11) is 0. The second-order valence-corrected chi connectivity index (χ2v) is 5.70. The first-order valence-electron chi connectivity index (χ1n) is 7.61. The maximum Gasteiger partial charge on any atom is 0.228 e. The molecular weight excluding hydrogens is 280 g/mol. The highest BCUT2D eigenvalue weighted by Crippen LogP contribution is 2.22. The van der Waals surface area contributed by atoms with Crippen LogP contribution >= 0.6 is 0 Å². The number of aromatic nitrogens is 1. The third-order valence-corrected chi connectivity index (χ3v) is 3.98. The van der Waals surface area contributed by atoms with Crippen molar-refractivity contribution in [3.05, 3.63) is 41.8 Å². The number of β-amino-alcohol motifs (C(OH)–C–C–N with tert-alkyl or cyclic N) is 1. The molecule has 2 aromatic rings. The molecule has 1 aliphatic rings. The van der Waals surface area contributed by atoms with E-state index in [0.717, 1.165) is 18.4 Å². The van der Waals surface area contributed by atoms with Gasteiger partial charge >= 0.3 is 0 Å². The van der Waals surface area contributed by atoms with Crippen LogP contribution in [0.3, 0.4) is 0 Å². The predicted molar refractivity (Wildman–Crippen MR) is 82.2 cm³/mol. The summed E-state index contributed by atoms with van der Waals surface area (Å²) in [6.07, 6.45) is 1.43. The number of likely N-dealkylation sites (tertiary alicyclic amines) is 1. The van der Waals surface area contributed by atoms with Gasteiger partial charge in [0.15, 0.2) is 0 Å². The first kappa shape index (κ1) is 14.8. The normalized spacial score (nSPS) is 18.5. The zero-order valence-electron chi connectivity index (χ0n) is 12.7. The first-order chi connectivity index (χ1) is 10.6. The zero-order chi connectivity index (χ0) is 15.5. The van der Waals surface area contributed by atoms with E-state index < -0.39 is 6.10 Å². The van der Waals surface area contributed by atoms with Gasteiger partial charge in [-0.1, -0.05) is 18.2 Å². The summed E-state index contributed by atoms with van der Waals surface area (Å²) < 4.78 is 5.68. The Morgan fingerprint density at radius 2 is 2.18 bits per heavy atom. The number of hydrogen-bond donors (Lipinski definition) is 1. The van der Waals surface area contributed by atoms with Crippen molar-refractivity contribution in [3.8, 4) is 11.5 Å². The number of oxazole rings is 1. The summed E-state index contributed by atoms with van der Waals surface area (Å²) >= 11 is 0. The molecule has 3 rings (SSSR count). The Bertz CT molecular complexity index is 651. The van der Waals surface area contributed by atoms with E-state index >= 15 is 0 Å². The van der Waals surface area contributed by atoms with Crippen molar-refractivity contribution in [1.82, 2.24) is 9.88 Å². The Labute approximate surface area is 129 Å². The van der Waals surface area contributed by atoms with Crippen LogP contribution in [0.25, 0.3) is 11.5 Å². The van der Waals surface area contributed by atoms with Crippen molar-refractivity contribution in [1.29, 1.82) is 0 Å². The van der Waals surface area contributed by atoms with Gasteiger partial charge in [0.2, 0.25) is 11.8 Å². The van der Waals surface area contributed by atoms with Gasteiger partial charge in [-0.15, -0.1) is 0 Å². The number of carbonyl (C=O) groups excluding carboxylic acids is 1. The number of aliphatic hydroxyl groups is 1. The number of aryl methyl sites for hydroxylation is 1. The number of benzene rings is 1. The van der Waals surface area contributed by atoms with Crippen molar-refractivity contribution < 1.29 is 14.3 Å². The average molecular weight is 300 g/mol. The fourth-order valence-corrected chi connectivity index (χ4v) is 2.73. The molecule has 0 radical (unpaired) electrons. The highest BCUT2D eigenvalue weighted by molar-refractivity contribution is 5.78. The quantitative estimate of drug-likeness (QED) is 0.943. The van der Waals surface area contributed by atoms with E-state index in [4.69, 9.17) is 4.42 Å². The monoisotopic (exact) mass is 300 g/mol. The zero-order valence-corrected chi connectivity index (χ0v) is 12.7. The summed E-state index contributed by atoms with van der Waals surface area (Å²) in [5.74, 6) is 1.21. The molecular formula is C17H20N2O3. The molecule has 1 N–H and O–H groups in total. The van der Waals surface area contributed by atoms with Crippen LogP contribution in [0.2, 0.25) is 0 Å². The molecule has 0 aliphatic carbocycles. The Morgan fingerprint density at radius 3 is 2.91 bits per heavy atom. The molecule has 2 heterocycles. The topological polar surface area (TPSA) is 66.6 Å². The first-order valence-corrected chi connectivity index (χ1v) is 7.61. The molecule has 5 heteroatoms. The molecule has 0 bridgehead atoms. The maximum absolute atomic E-state index is 12.3. The second kappa shape index (κ2) is 6.32. The fraction of sp³-hybridized carbons (Fsp3) is 0.412. The Hall–Kier alpha value is -2.14. The van der Waals surface area contributed by atoms with Crippen LogP contribution in [-0.2, 0) is 11.2 Å². The highest BCUT2D eigenvalue weighted by Gasteiger charge is 2.24. The highest BCUT2D eigenvalue weighted by atomic mass is 16.4. The van der Waals surface area contributed by atoms with Crippen LogP contribution in [0, 0.1) is 6.92 Å². The molecule has 1 saturated heterocycles. The smallest absolute Gasteiger partial charge is 0.228 e. The van der Waals surface area contributed by atoms with Crippen molar-refractivity contribution in [2.45, 2.75) is 32.3 Å². The molecule has 1 aromatic heterocycles. The van der Waals surface area contributed by atoms with E-state index in [1.165, 1.54) is 0 Å². The van der Waals surface area contributed by atoms with Crippen LogP contribution in [0.5, 0.6) is 0 Å². The van der Waals surface area contributed by atoms with E-state index in [-0.39, 0.29) is 12.3 Å². The third kappa shape index (κ3) is 3.20. The molecule has 1 fully saturated rings. The molecule has 116 valence electrons. The van der Waals surface area contributed by atoms with Gasteiger partial charge in [-0.05, 0) is 31.9 Å².